The molecule has 0 aliphatic carbocycles. The lowest BCUT2D eigenvalue weighted by Crippen LogP contribution is -2.07. The van der Waals surface area contributed by atoms with Crippen molar-refractivity contribution in [3.63, 3.8) is 0 Å². The highest BCUT2D eigenvalue weighted by Crippen LogP contribution is 2.12. The molecule has 2 N–H and O–H groups in total. The number of amidine groups is 1. The van der Waals surface area contributed by atoms with E-state index in [0.29, 0.717) is 12.4 Å². The predicted octanol–water partition coefficient (Wildman–Crippen LogP) is 4.02. The molecule has 0 aliphatic heterocycles. The van der Waals surface area contributed by atoms with Gasteiger partial charge in [0.15, 0.2) is 0 Å². The smallest absolute Gasteiger partial charge is 0.118 e. The number of nitrogens with zero attached hydrogens (tertiary/aromatic N) is 1. The molecule has 0 bridgehead atoms. The molecule has 0 saturated heterocycles. The van der Waals surface area contributed by atoms with Gasteiger partial charge in [-0.25, -0.2) is 0 Å². The summed E-state index contributed by atoms with van der Waals surface area (Å²) in [6.45, 7) is 0.588. The molecule has 0 spiro atoms. The molecule has 0 amide bonds. The number of nitrogens with two attached hydrogens (primary N) is 1. The van der Waals surface area contributed by atoms with E-state index in [0.717, 1.165) is 15.6 Å². The summed E-state index contributed by atoms with van der Waals surface area (Å²) in [4.78, 5) is 4.34. The topological polar surface area (TPSA) is 38.4 Å². The van der Waals surface area contributed by atoms with Crippen LogP contribution < -0.4 is 5.73 Å². The number of aliphatic imine (C=N–C) groups is 1. The van der Waals surface area contributed by atoms with Gasteiger partial charge in [0.1, 0.15) is 5.84 Å². The molecule has 96 valence electrons. The minimum Gasteiger partial charge on any atom is -0.384 e. The molecule has 0 aliphatic rings. The Morgan fingerprint density at radius 1 is 1.11 bits per heavy atom. The van der Waals surface area contributed by atoms with E-state index < -0.39 is 0 Å². The Kier molecular flexibility index (Phi) is 4.93. The maximum absolute atomic E-state index is 5.86. The molecule has 19 heavy (non-hydrogen) atoms. The van der Waals surface area contributed by atoms with Crippen molar-refractivity contribution in [3.05, 3.63) is 76.3 Å². The molecule has 2 aromatic carbocycles. The number of hydrogen-bond acceptors (Lipinski definition) is 1. The third-order valence-corrected chi connectivity index (χ3v) is 3.07. The van der Waals surface area contributed by atoms with Gasteiger partial charge >= 0.3 is 0 Å². The summed E-state index contributed by atoms with van der Waals surface area (Å²) in [7, 11) is 0. The zero-order valence-electron chi connectivity index (χ0n) is 10.5. The first kappa shape index (κ1) is 13.6. The van der Waals surface area contributed by atoms with Crippen molar-refractivity contribution < 1.29 is 0 Å². The second-order valence-electron chi connectivity index (χ2n) is 4.12. The van der Waals surface area contributed by atoms with Crippen molar-refractivity contribution in [1.29, 1.82) is 0 Å². The van der Waals surface area contributed by atoms with Gasteiger partial charge in [0, 0.05) is 4.47 Å². The number of rotatable bonds is 4. The van der Waals surface area contributed by atoms with Crippen molar-refractivity contribution in [1.82, 2.24) is 0 Å². The van der Waals surface area contributed by atoms with Crippen LogP contribution in [0.15, 0.2) is 70.1 Å². The van der Waals surface area contributed by atoms with Crippen molar-refractivity contribution >= 4 is 27.8 Å². The minimum atomic E-state index is 0.531. The van der Waals surface area contributed by atoms with Gasteiger partial charge in [-0.1, -0.05) is 64.5 Å². The molecule has 2 rings (SSSR count). The lowest BCUT2D eigenvalue weighted by atomic mass is 10.2. The van der Waals surface area contributed by atoms with Crippen LogP contribution in [-0.2, 0) is 6.54 Å². The summed E-state index contributed by atoms with van der Waals surface area (Å²) < 4.78 is 1.05. The Morgan fingerprint density at radius 3 is 2.63 bits per heavy atom. The van der Waals surface area contributed by atoms with Gasteiger partial charge in [-0.2, -0.15) is 0 Å². The van der Waals surface area contributed by atoms with Crippen LogP contribution in [0, 0.1) is 0 Å². The van der Waals surface area contributed by atoms with Crippen LogP contribution in [0.3, 0.4) is 0 Å². The average Bonchev–Trinajstić information content (AvgIpc) is 2.44. The molecule has 0 aromatic heterocycles. The zero-order valence-corrected chi connectivity index (χ0v) is 12.0. The first-order chi connectivity index (χ1) is 9.24. The standard InChI is InChI=1S/C16H15BrN2/c17-15-8-4-7-14(11-15)12-19-16(18)10-9-13-5-2-1-3-6-13/h1-11H,12H2,(H2,18,19). The molecule has 0 saturated carbocycles. The molecule has 2 aromatic rings. The van der Waals surface area contributed by atoms with E-state index in [2.05, 4.69) is 20.9 Å². The fraction of sp³-hybridized carbons (Fsp3) is 0.0625. The van der Waals surface area contributed by atoms with E-state index in [-0.39, 0.29) is 0 Å². The Hall–Kier alpha value is -1.87. The van der Waals surface area contributed by atoms with E-state index in [1.807, 2.05) is 66.7 Å². The Labute approximate surface area is 121 Å². The summed E-state index contributed by atoms with van der Waals surface area (Å²) >= 11 is 3.44. The van der Waals surface area contributed by atoms with Gasteiger partial charge in [0.2, 0.25) is 0 Å². The molecule has 0 atom stereocenters. The van der Waals surface area contributed by atoms with E-state index in [9.17, 15) is 0 Å². The van der Waals surface area contributed by atoms with Crippen LogP contribution in [0.4, 0.5) is 0 Å². The van der Waals surface area contributed by atoms with Crippen LogP contribution in [-0.4, -0.2) is 5.84 Å². The van der Waals surface area contributed by atoms with Crippen LogP contribution in [0.5, 0.6) is 0 Å². The van der Waals surface area contributed by atoms with Gasteiger partial charge in [-0.3, -0.25) is 4.99 Å². The number of benzene rings is 2. The number of halogens is 1. The van der Waals surface area contributed by atoms with Crippen molar-refractivity contribution in [2.24, 2.45) is 10.7 Å². The first-order valence-electron chi connectivity index (χ1n) is 6.01. The van der Waals surface area contributed by atoms with Crippen LogP contribution in [0.2, 0.25) is 0 Å². The highest BCUT2D eigenvalue weighted by atomic mass is 79.9. The molecule has 0 unspecified atom stereocenters. The molecular weight excluding hydrogens is 300 g/mol. The van der Waals surface area contributed by atoms with Crippen LogP contribution in [0.25, 0.3) is 6.08 Å². The van der Waals surface area contributed by atoms with Crippen molar-refractivity contribution in [3.8, 4) is 0 Å². The third-order valence-electron chi connectivity index (χ3n) is 2.58. The van der Waals surface area contributed by atoms with Gasteiger partial charge in [-0.05, 0) is 29.3 Å². The molecule has 0 radical (unpaired) electrons. The maximum Gasteiger partial charge on any atom is 0.118 e. The fourth-order valence-corrected chi connectivity index (χ4v) is 2.06. The molecule has 2 nitrogen and oxygen atoms in total. The van der Waals surface area contributed by atoms with Gasteiger partial charge in [-0.15, -0.1) is 0 Å². The normalized spacial score (nSPS) is 11.9. The fourth-order valence-electron chi connectivity index (χ4n) is 1.62. The summed E-state index contributed by atoms with van der Waals surface area (Å²) in [5, 5.41) is 0. The average molecular weight is 315 g/mol. The largest absolute Gasteiger partial charge is 0.384 e. The van der Waals surface area contributed by atoms with Gasteiger partial charge in [0.05, 0.1) is 6.54 Å². The Bertz CT molecular complexity index is 589. The molecule has 0 fully saturated rings. The van der Waals surface area contributed by atoms with Gasteiger partial charge in [0.25, 0.3) is 0 Å². The summed E-state index contributed by atoms with van der Waals surface area (Å²) in [6, 6.07) is 18.1. The number of hydrogen-bond donors (Lipinski definition) is 1. The van der Waals surface area contributed by atoms with Crippen molar-refractivity contribution in [2.45, 2.75) is 6.54 Å². The third kappa shape index (κ3) is 4.72. The first-order valence-corrected chi connectivity index (χ1v) is 6.81. The van der Waals surface area contributed by atoms with E-state index in [1.165, 1.54) is 0 Å². The van der Waals surface area contributed by atoms with E-state index in [4.69, 9.17) is 5.73 Å². The summed E-state index contributed by atoms with van der Waals surface area (Å²) in [5.74, 6) is 0.531. The quantitative estimate of drug-likeness (QED) is 0.671. The van der Waals surface area contributed by atoms with Crippen molar-refractivity contribution in [2.75, 3.05) is 0 Å². The Morgan fingerprint density at radius 2 is 1.89 bits per heavy atom. The highest BCUT2D eigenvalue weighted by molar-refractivity contribution is 9.10. The minimum absolute atomic E-state index is 0.531. The second-order valence-corrected chi connectivity index (χ2v) is 5.03. The molecule has 0 heterocycles. The maximum atomic E-state index is 5.86. The van der Waals surface area contributed by atoms with E-state index in [1.54, 1.807) is 0 Å². The monoisotopic (exact) mass is 314 g/mol. The van der Waals surface area contributed by atoms with E-state index >= 15 is 0 Å². The second kappa shape index (κ2) is 6.90. The summed E-state index contributed by atoms with van der Waals surface area (Å²) in [5.41, 5.74) is 8.10. The van der Waals surface area contributed by atoms with Crippen LogP contribution in [0.1, 0.15) is 11.1 Å². The summed E-state index contributed by atoms with van der Waals surface area (Å²) in [6.07, 6.45) is 3.78. The molecular formula is C16H15BrN2. The van der Waals surface area contributed by atoms with Crippen LogP contribution >= 0.6 is 15.9 Å². The lowest BCUT2D eigenvalue weighted by molar-refractivity contribution is 1.06. The van der Waals surface area contributed by atoms with Gasteiger partial charge < -0.3 is 5.73 Å². The highest BCUT2D eigenvalue weighted by Gasteiger charge is 1.93. The lowest BCUT2D eigenvalue weighted by Gasteiger charge is -1.98. The SMILES string of the molecule is NC(C=Cc1ccccc1)=NCc1cccc(Br)c1. The predicted molar refractivity (Wildman–Crippen MR) is 84.9 cm³/mol. The molecule has 3 heteroatoms. The zero-order chi connectivity index (χ0) is 13.5. The Balaban J connectivity index is 1.98.